The molecule has 2 aromatic rings. The highest BCUT2D eigenvalue weighted by atomic mass is 16.3. The number of aliphatic hydroxyl groups is 1. The molecule has 0 fully saturated rings. The average Bonchev–Trinajstić information content (AvgIpc) is 2.50. The molecule has 0 saturated heterocycles. The first-order chi connectivity index (χ1) is 10.5. The van der Waals surface area contributed by atoms with Crippen LogP contribution in [0.4, 0.5) is 17.1 Å². The predicted octanol–water partition coefficient (Wildman–Crippen LogP) is 1.84. The summed E-state index contributed by atoms with van der Waals surface area (Å²) in [5.74, 6) is -0.805. The van der Waals surface area contributed by atoms with Crippen molar-refractivity contribution in [3.05, 3.63) is 54.1 Å². The van der Waals surface area contributed by atoms with Crippen molar-refractivity contribution in [3.8, 4) is 0 Å². The van der Waals surface area contributed by atoms with Crippen LogP contribution in [0.25, 0.3) is 0 Å². The number of nitrogen functional groups attached to an aromatic ring is 1. The van der Waals surface area contributed by atoms with Crippen molar-refractivity contribution in [2.24, 2.45) is 0 Å². The molecule has 0 heterocycles. The van der Waals surface area contributed by atoms with E-state index in [0.29, 0.717) is 22.6 Å². The molecule has 2 rings (SSSR count). The minimum absolute atomic E-state index is 0.300. The molecule has 22 heavy (non-hydrogen) atoms. The molecule has 2 aromatic carbocycles. The lowest BCUT2D eigenvalue weighted by molar-refractivity contribution is -0.123. The van der Waals surface area contributed by atoms with Gasteiger partial charge in [0.05, 0.1) is 11.4 Å². The summed E-state index contributed by atoms with van der Waals surface area (Å²) in [4.78, 5) is 23.5. The first kappa shape index (κ1) is 15.5. The van der Waals surface area contributed by atoms with Crippen LogP contribution in [0.5, 0.6) is 0 Å². The minimum Gasteiger partial charge on any atom is -0.397 e. The summed E-state index contributed by atoms with van der Waals surface area (Å²) >= 11 is 0. The van der Waals surface area contributed by atoms with Gasteiger partial charge in [0.15, 0.2) is 0 Å². The van der Waals surface area contributed by atoms with Crippen LogP contribution in [0, 0.1) is 0 Å². The van der Waals surface area contributed by atoms with Gasteiger partial charge in [-0.3, -0.25) is 9.59 Å². The Bertz CT molecular complexity index is 681. The summed E-state index contributed by atoms with van der Waals surface area (Å²) < 4.78 is 0. The number of anilines is 3. The fourth-order valence-electron chi connectivity index (χ4n) is 1.76. The molecule has 0 aliphatic carbocycles. The summed E-state index contributed by atoms with van der Waals surface area (Å²) in [5.41, 5.74) is 7.72. The maximum Gasteiger partial charge on any atom is 0.255 e. The lowest BCUT2D eigenvalue weighted by Crippen LogP contribution is -2.24. The van der Waals surface area contributed by atoms with E-state index in [4.69, 9.17) is 10.8 Å². The van der Waals surface area contributed by atoms with Crippen LogP contribution in [0.1, 0.15) is 17.3 Å². The van der Waals surface area contributed by atoms with Crippen molar-refractivity contribution in [2.75, 3.05) is 16.4 Å². The standard InChI is InChI=1S/C16H17N3O3/c1-10(20)15(21)18-12-8-6-11(7-9-12)16(22)19-14-5-3-2-4-13(14)17/h2-10,20H,17H2,1H3,(H,18,21)(H,19,22). The Labute approximate surface area is 128 Å². The molecule has 0 aliphatic rings. The van der Waals surface area contributed by atoms with Crippen molar-refractivity contribution in [3.63, 3.8) is 0 Å². The molecule has 0 saturated carbocycles. The molecule has 0 spiro atoms. The number of amides is 2. The van der Waals surface area contributed by atoms with E-state index in [1.165, 1.54) is 6.92 Å². The normalized spacial score (nSPS) is 11.5. The molecule has 2 amide bonds. The van der Waals surface area contributed by atoms with E-state index in [2.05, 4.69) is 10.6 Å². The molecule has 6 nitrogen and oxygen atoms in total. The Hall–Kier alpha value is -2.86. The zero-order valence-corrected chi connectivity index (χ0v) is 12.0. The Morgan fingerprint density at radius 3 is 2.27 bits per heavy atom. The first-order valence-corrected chi connectivity index (χ1v) is 6.72. The van der Waals surface area contributed by atoms with Gasteiger partial charge in [-0.1, -0.05) is 12.1 Å². The van der Waals surface area contributed by atoms with E-state index in [0.717, 1.165) is 0 Å². The third-order valence-corrected chi connectivity index (χ3v) is 3.00. The topological polar surface area (TPSA) is 104 Å². The fourth-order valence-corrected chi connectivity index (χ4v) is 1.76. The number of nitrogens with one attached hydrogen (secondary N) is 2. The Balaban J connectivity index is 2.05. The van der Waals surface area contributed by atoms with Crippen LogP contribution in [0.15, 0.2) is 48.5 Å². The third-order valence-electron chi connectivity index (χ3n) is 3.00. The Kier molecular flexibility index (Phi) is 4.75. The van der Waals surface area contributed by atoms with E-state index in [1.807, 2.05) is 0 Å². The lowest BCUT2D eigenvalue weighted by atomic mass is 10.1. The van der Waals surface area contributed by atoms with Crippen LogP contribution < -0.4 is 16.4 Å². The van der Waals surface area contributed by atoms with Crippen LogP contribution in [0.2, 0.25) is 0 Å². The number of benzene rings is 2. The molecule has 1 unspecified atom stereocenters. The van der Waals surface area contributed by atoms with Gasteiger partial charge >= 0.3 is 0 Å². The van der Waals surface area contributed by atoms with Crippen molar-refractivity contribution in [1.82, 2.24) is 0 Å². The maximum atomic E-state index is 12.1. The second-order valence-corrected chi connectivity index (χ2v) is 4.78. The van der Waals surface area contributed by atoms with Gasteiger partial charge in [0.25, 0.3) is 11.8 Å². The van der Waals surface area contributed by atoms with Crippen molar-refractivity contribution in [2.45, 2.75) is 13.0 Å². The molecule has 0 aliphatic heterocycles. The van der Waals surface area contributed by atoms with Gasteiger partial charge in [-0.2, -0.15) is 0 Å². The van der Waals surface area contributed by atoms with Gasteiger partial charge in [-0.15, -0.1) is 0 Å². The molecule has 6 heteroatoms. The molecule has 1 atom stereocenters. The van der Waals surface area contributed by atoms with Gasteiger partial charge < -0.3 is 21.5 Å². The van der Waals surface area contributed by atoms with Crippen molar-refractivity contribution >= 4 is 28.9 Å². The summed E-state index contributed by atoms with van der Waals surface area (Å²) in [7, 11) is 0. The largest absolute Gasteiger partial charge is 0.397 e. The second kappa shape index (κ2) is 6.73. The number of carbonyl (C=O) groups is 2. The van der Waals surface area contributed by atoms with Crippen LogP contribution in [-0.4, -0.2) is 23.0 Å². The molecule has 0 aromatic heterocycles. The molecule has 0 radical (unpaired) electrons. The Morgan fingerprint density at radius 2 is 1.68 bits per heavy atom. The number of para-hydroxylation sites is 2. The molecular weight excluding hydrogens is 282 g/mol. The van der Waals surface area contributed by atoms with E-state index >= 15 is 0 Å². The Morgan fingerprint density at radius 1 is 1.05 bits per heavy atom. The van der Waals surface area contributed by atoms with Crippen LogP contribution in [0.3, 0.4) is 0 Å². The predicted molar refractivity (Wildman–Crippen MR) is 85.6 cm³/mol. The number of nitrogens with two attached hydrogens (primary N) is 1. The number of aliphatic hydroxyl groups excluding tert-OH is 1. The van der Waals surface area contributed by atoms with E-state index in [1.54, 1.807) is 48.5 Å². The fraction of sp³-hybridized carbons (Fsp3) is 0.125. The number of hydrogen-bond donors (Lipinski definition) is 4. The van der Waals surface area contributed by atoms with Crippen LogP contribution in [-0.2, 0) is 4.79 Å². The van der Waals surface area contributed by atoms with Gasteiger partial charge in [-0.05, 0) is 43.3 Å². The first-order valence-electron chi connectivity index (χ1n) is 6.72. The van der Waals surface area contributed by atoms with E-state index < -0.39 is 12.0 Å². The average molecular weight is 299 g/mol. The highest BCUT2D eigenvalue weighted by molar-refractivity contribution is 6.06. The molecular formula is C16H17N3O3. The SMILES string of the molecule is CC(O)C(=O)Nc1ccc(C(=O)Nc2ccccc2N)cc1. The number of carbonyl (C=O) groups excluding carboxylic acids is 2. The van der Waals surface area contributed by atoms with E-state index in [-0.39, 0.29) is 5.91 Å². The smallest absolute Gasteiger partial charge is 0.255 e. The summed E-state index contributed by atoms with van der Waals surface area (Å²) in [6, 6.07) is 13.3. The van der Waals surface area contributed by atoms with E-state index in [9.17, 15) is 9.59 Å². The van der Waals surface area contributed by atoms with Crippen LogP contribution >= 0.6 is 0 Å². The minimum atomic E-state index is -1.09. The highest BCUT2D eigenvalue weighted by Crippen LogP contribution is 2.18. The number of hydrogen-bond acceptors (Lipinski definition) is 4. The summed E-state index contributed by atoms with van der Waals surface area (Å²) in [6.45, 7) is 1.38. The zero-order chi connectivity index (χ0) is 16.1. The third kappa shape index (κ3) is 3.83. The quantitative estimate of drug-likeness (QED) is 0.646. The summed E-state index contributed by atoms with van der Waals surface area (Å²) in [6.07, 6.45) is -1.09. The van der Waals surface area contributed by atoms with Gasteiger partial charge in [0.2, 0.25) is 0 Å². The number of rotatable bonds is 4. The highest BCUT2D eigenvalue weighted by Gasteiger charge is 2.10. The molecule has 0 bridgehead atoms. The molecule has 114 valence electrons. The monoisotopic (exact) mass is 299 g/mol. The molecule has 5 N–H and O–H groups in total. The lowest BCUT2D eigenvalue weighted by Gasteiger charge is -2.09. The zero-order valence-electron chi connectivity index (χ0n) is 12.0. The van der Waals surface area contributed by atoms with Gasteiger partial charge in [0.1, 0.15) is 6.10 Å². The summed E-state index contributed by atoms with van der Waals surface area (Å²) in [5, 5.41) is 14.4. The van der Waals surface area contributed by atoms with Crippen molar-refractivity contribution in [1.29, 1.82) is 0 Å². The maximum absolute atomic E-state index is 12.1. The van der Waals surface area contributed by atoms with Crippen molar-refractivity contribution < 1.29 is 14.7 Å². The van der Waals surface area contributed by atoms with Gasteiger partial charge in [-0.25, -0.2) is 0 Å². The second-order valence-electron chi connectivity index (χ2n) is 4.78. The van der Waals surface area contributed by atoms with Gasteiger partial charge in [0, 0.05) is 11.3 Å².